The number of fused-ring (bicyclic) bond motifs is 1. The largest absolute Gasteiger partial charge is 0.497 e. The Bertz CT molecular complexity index is 999. The Labute approximate surface area is 173 Å². The first-order chi connectivity index (χ1) is 14.1. The molecule has 0 unspecified atom stereocenters. The number of hydrogen-bond donors (Lipinski definition) is 1. The lowest BCUT2D eigenvalue weighted by Crippen LogP contribution is -2.41. The van der Waals surface area contributed by atoms with Gasteiger partial charge in [0.1, 0.15) is 11.6 Å². The lowest BCUT2D eigenvalue weighted by molar-refractivity contribution is -0.125. The SMILES string of the molecule is COc1cccc(CCNC(=O)C2CCN(c3nc4ccc(F)cc4s3)CC2)c1. The number of rotatable bonds is 6. The molecule has 2 heterocycles. The Morgan fingerprint density at radius 3 is 2.90 bits per heavy atom. The Morgan fingerprint density at radius 2 is 2.10 bits per heavy atom. The second kappa shape index (κ2) is 8.78. The monoisotopic (exact) mass is 413 g/mol. The number of ether oxygens (including phenoxy) is 1. The molecule has 1 aliphatic heterocycles. The number of amides is 1. The van der Waals surface area contributed by atoms with E-state index in [0.717, 1.165) is 59.0 Å². The smallest absolute Gasteiger partial charge is 0.223 e. The average molecular weight is 414 g/mol. The highest BCUT2D eigenvalue weighted by Crippen LogP contribution is 2.32. The summed E-state index contributed by atoms with van der Waals surface area (Å²) in [4.78, 5) is 19.3. The fourth-order valence-corrected chi connectivity index (χ4v) is 4.70. The molecule has 1 saturated heterocycles. The van der Waals surface area contributed by atoms with E-state index in [-0.39, 0.29) is 17.6 Å². The van der Waals surface area contributed by atoms with E-state index in [1.807, 2.05) is 24.3 Å². The number of benzene rings is 2. The first kappa shape index (κ1) is 19.6. The van der Waals surface area contributed by atoms with Crippen LogP contribution in [0.25, 0.3) is 10.2 Å². The molecule has 3 aromatic rings. The Balaban J connectivity index is 1.26. The van der Waals surface area contributed by atoms with E-state index < -0.39 is 0 Å². The van der Waals surface area contributed by atoms with Gasteiger partial charge in [0.05, 0.1) is 17.3 Å². The topological polar surface area (TPSA) is 54.5 Å². The van der Waals surface area contributed by atoms with Crippen molar-refractivity contribution in [1.29, 1.82) is 0 Å². The molecule has 5 nitrogen and oxygen atoms in total. The number of methoxy groups -OCH3 is 1. The predicted molar refractivity (Wildman–Crippen MR) is 114 cm³/mol. The molecule has 152 valence electrons. The predicted octanol–water partition coefficient (Wildman–Crippen LogP) is 4.02. The summed E-state index contributed by atoms with van der Waals surface area (Å²) in [6.45, 7) is 2.20. The first-order valence-electron chi connectivity index (χ1n) is 9.84. The maximum absolute atomic E-state index is 13.4. The molecular formula is C22H24FN3O2S. The van der Waals surface area contributed by atoms with Crippen LogP contribution in [-0.2, 0) is 11.2 Å². The molecule has 29 heavy (non-hydrogen) atoms. The molecule has 0 saturated carbocycles. The van der Waals surface area contributed by atoms with E-state index in [0.29, 0.717) is 6.54 Å². The number of halogens is 1. The van der Waals surface area contributed by atoms with Gasteiger partial charge in [-0.3, -0.25) is 4.79 Å². The highest BCUT2D eigenvalue weighted by atomic mass is 32.1. The zero-order valence-electron chi connectivity index (χ0n) is 16.4. The highest BCUT2D eigenvalue weighted by molar-refractivity contribution is 7.22. The van der Waals surface area contributed by atoms with Crippen LogP contribution in [0.4, 0.5) is 9.52 Å². The molecule has 0 radical (unpaired) electrons. The second-order valence-electron chi connectivity index (χ2n) is 7.26. The van der Waals surface area contributed by atoms with Crippen molar-refractivity contribution in [3.63, 3.8) is 0 Å². The summed E-state index contributed by atoms with van der Waals surface area (Å²) in [5.74, 6) is 0.748. The third-order valence-corrected chi connectivity index (χ3v) is 6.40. The standard InChI is InChI=1S/C22H24FN3O2S/c1-28-18-4-2-3-15(13-18)7-10-24-21(27)16-8-11-26(12-9-16)22-25-19-6-5-17(23)14-20(19)29-22/h2-6,13-14,16H,7-12H2,1H3,(H,24,27). The fraction of sp³-hybridized carbons (Fsp3) is 0.364. The Hall–Kier alpha value is -2.67. The van der Waals surface area contributed by atoms with Crippen molar-refractivity contribution in [1.82, 2.24) is 10.3 Å². The molecule has 1 aromatic heterocycles. The van der Waals surface area contributed by atoms with Gasteiger partial charge in [-0.1, -0.05) is 23.5 Å². The van der Waals surface area contributed by atoms with Crippen LogP contribution in [0.15, 0.2) is 42.5 Å². The third kappa shape index (κ3) is 4.67. The van der Waals surface area contributed by atoms with Crippen LogP contribution >= 0.6 is 11.3 Å². The third-order valence-electron chi connectivity index (χ3n) is 5.32. The van der Waals surface area contributed by atoms with Crippen LogP contribution in [-0.4, -0.2) is 37.6 Å². The highest BCUT2D eigenvalue weighted by Gasteiger charge is 2.26. The minimum atomic E-state index is -0.239. The number of carbonyl (C=O) groups is 1. The van der Waals surface area contributed by atoms with Gasteiger partial charge in [0.25, 0.3) is 0 Å². The number of nitrogens with zero attached hydrogens (tertiary/aromatic N) is 2. The maximum Gasteiger partial charge on any atom is 0.223 e. The van der Waals surface area contributed by atoms with Gasteiger partial charge < -0.3 is 15.0 Å². The molecule has 2 aromatic carbocycles. The molecule has 4 rings (SSSR count). The average Bonchev–Trinajstić information content (AvgIpc) is 3.17. The van der Waals surface area contributed by atoms with E-state index in [4.69, 9.17) is 4.74 Å². The first-order valence-corrected chi connectivity index (χ1v) is 10.7. The minimum Gasteiger partial charge on any atom is -0.497 e. The zero-order chi connectivity index (χ0) is 20.2. The number of anilines is 1. The summed E-state index contributed by atoms with van der Waals surface area (Å²) in [7, 11) is 1.65. The van der Waals surface area contributed by atoms with Crippen molar-refractivity contribution >= 4 is 32.6 Å². The lowest BCUT2D eigenvalue weighted by Gasteiger charge is -2.31. The number of piperidine rings is 1. The molecule has 7 heteroatoms. The van der Waals surface area contributed by atoms with E-state index in [2.05, 4.69) is 15.2 Å². The number of nitrogens with one attached hydrogen (secondary N) is 1. The minimum absolute atomic E-state index is 0.0309. The van der Waals surface area contributed by atoms with Gasteiger partial charge in [0.15, 0.2) is 5.13 Å². The maximum atomic E-state index is 13.4. The van der Waals surface area contributed by atoms with Crippen molar-refractivity contribution in [2.24, 2.45) is 5.92 Å². The molecule has 0 atom stereocenters. The summed E-state index contributed by atoms with van der Waals surface area (Å²) >= 11 is 1.51. The van der Waals surface area contributed by atoms with Gasteiger partial charge in [-0.25, -0.2) is 9.37 Å². The van der Waals surface area contributed by atoms with E-state index in [1.165, 1.54) is 23.5 Å². The van der Waals surface area contributed by atoms with Crippen molar-refractivity contribution in [2.45, 2.75) is 19.3 Å². The van der Waals surface area contributed by atoms with Crippen LogP contribution in [0.5, 0.6) is 5.75 Å². The molecule has 1 N–H and O–H groups in total. The molecule has 1 aliphatic rings. The van der Waals surface area contributed by atoms with Gasteiger partial charge in [-0.2, -0.15) is 0 Å². The Morgan fingerprint density at radius 1 is 1.28 bits per heavy atom. The summed E-state index contributed by atoms with van der Waals surface area (Å²) < 4.78 is 19.5. The van der Waals surface area contributed by atoms with Crippen molar-refractivity contribution in [3.05, 3.63) is 53.8 Å². The lowest BCUT2D eigenvalue weighted by atomic mass is 9.96. The molecule has 0 spiro atoms. The van der Waals surface area contributed by atoms with Gasteiger partial charge >= 0.3 is 0 Å². The molecular weight excluding hydrogens is 389 g/mol. The zero-order valence-corrected chi connectivity index (χ0v) is 17.2. The normalized spacial score (nSPS) is 14.9. The van der Waals surface area contributed by atoms with E-state index >= 15 is 0 Å². The summed E-state index contributed by atoms with van der Waals surface area (Å²) in [6.07, 6.45) is 2.38. The number of hydrogen-bond acceptors (Lipinski definition) is 5. The molecule has 1 amide bonds. The van der Waals surface area contributed by atoms with Crippen molar-refractivity contribution in [3.8, 4) is 5.75 Å². The summed E-state index contributed by atoms with van der Waals surface area (Å²) in [6, 6.07) is 12.6. The van der Waals surface area contributed by atoms with Crippen LogP contribution in [0.3, 0.4) is 0 Å². The summed E-state index contributed by atoms with van der Waals surface area (Å²) in [5.41, 5.74) is 1.97. The van der Waals surface area contributed by atoms with Gasteiger partial charge in [0, 0.05) is 25.6 Å². The van der Waals surface area contributed by atoms with Gasteiger partial charge in [-0.05, 0) is 55.2 Å². The van der Waals surface area contributed by atoms with Crippen molar-refractivity contribution in [2.75, 3.05) is 31.6 Å². The number of aromatic nitrogens is 1. The summed E-state index contributed by atoms with van der Waals surface area (Å²) in [5, 5.41) is 3.97. The van der Waals surface area contributed by atoms with E-state index in [9.17, 15) is 9.18 Å². The molecule has 0 aliphatic carbocycles. The molecule has 1 fully saturated rings. The van der Waals surface area contributed by atoms with Gasteiger partial charge in [-0.15, -0.1) is 0 Å². The van der Waals surface area contributed by atoms with Crippen LogP contribution < -0.4 is 15.0 Å². The fourth-order valence-electron chi connectivity index (χ4n) is 3.66. The van der Waals surface area contributed by atoms with Crippen LogP contribution in [0, 0.1) is 11.7 Å². The van der Waals surface area contributed by atoms with Gasteiger partial charge in [0.2, 0.25) is 5.91 Å². The van der Waals surface area contributed by atoms with Crippen LogP contribution in [0.2, 0.25) is 0 Å². The number of carbonyl (C=O) groups excluding carboxylic acids is 1. The van der Waals surface area contributed by atoms with Crippen molar-refractivity contribution < 1.29 is 13.9 Å². The number of thiazole rings is 1. The van der Waals surface area contributed by atoms with Crippen LogP contribution in [0.1, 0.15) is 18.4 Å². The Kier molecular flexibility index (Phi) is 5.94. The second-order valence-corrected chi connectivity index (χ2v) is 8.27. The molecule has 0 bridgehead atoms. The quantitative estimate of drug-likeness (QED) is 0.663. The van der Waals surface area contributed by atoms with E-state index in [1.54, 1.807) is 13.2 Å².